The summed E-state index contributed by atoms with van der Waals surface area (Å²) in [5.41, 5.74) is 8.04. The predicted octanol–water partition coefficient (Wildman–Crippen LogP) is 6.83. The van der Waals surface area contributed by atoms with Crippen LogP contribution in [-0.4, -0.2) is 35.6 Å². The van der Waals surface area contributed by atoms with Gasteiger partial charge in [0.15, 0.2) is 0 Å². The van der Waals surface area contributed by atoms with Gasteiger partial charge in [-0.25, -0.2) is 0 Å². The van der Waals surface area contributed by atoms with Crippen LogP contribution in [0.1, 0.15) is 54.4 Å². The first-order chi connectivity index (χ1) is 17.4. The molecule has 4 heterocycles. The first-order valence-electron chi connectivity index (χ1n) is 12.3. The number of rotatable bonds is 6. The third-order valence-corrected chi connectivity index (χ3v) is 9.99. The molecule has 3 aliphatic rings. The molecule has 0 spiro atoms. The fourth-order valence-corrected chi connectivity index (χ4v) is 7.73. The van der Waals surface area contributed by atoms with Crippen LogP contribution >= 0.6 is 19.8 Å². The molecule has 2 aromatic heterocycles. The maximum Gasteiger partial charge on any atom is 0.0198 e. The van der Waals surface area contributed by atoms with Gasteiger partial charge in [0.05, 0.1) is 0 Å². The fraction of sp³-hybridized carbons (Fsp3) is 0.321. The number of nitrogens with zero attached hydrogens (tertiary/aromatic N) is 4. The summed E-state index contributed by atoms with van der Waals surface area (Å²) in [6, 6.07) is 7.98. The summed E-state index contributed by atoms with van der Waals surface area (Å²) in [5, 5.41) is 4.34. The van der Waals surface area contributed by atoms with Crippen LogP contribution in [0.2, 0.25) is 0 Å². The van der Waals surface area contributed by atoms with Crippen molar-refractivity contribution in [1.82, 2.24) is 15.0 Å². The van der Waals surface area contributed by atoms with Crippen molar-refractivity contribution in [2.75, 3.05) is 10.2 Å². The number of aromatic amines is 1. The van der Waals surface area contributed by atoms with E-state index in [2.05, 4.69) is 63.4 Å². The van der Waals surface area contributed by atoms with Gasteiger partial charge in [0, 0.05) is 24.3 Å². The zero-order chi connectivity index (χ0) is 24.8. The number of Topliss-reactive ketones (excluding diaryl/α,β-unsaturated/α-hetero) is 1. The second kappa shape index (κ2) is 9.38. The quantitative estimate of drug-likeness (QED) is 0.186. The number of allylic oxidation sites excluding steroid dienone is 1. The Kier molecular flexibility index (Phi) is 6.07. The number of H-pyrrole nitrogens is 1. The summed E-state index contributed by atoms with van der Waals surface area (Å²) in [4.78, 5) is 36.9. The number of hydrogen-bond acceptors (Lipinski definition) is 6. The van der Waals surface area contributed by atoms with Crippen LogP contribution in [0, 0.1) is 18.8 Å². The molecule has 1 aliphatic carbocycles. The third-order valence-electron chi connectivity index (χ3n) is 7.27. The minimum absolute atomic E-state index is 0.180. The average molecular weight is 592 g/mol. The smallest absolute Gasteiger partial charge is 0.0198 e. The number of carbonyl (C=O) groups is 1. The van der Waals surface area contributed by atoms with Crippen molar-refractivity contribution in [3.05, 3.63) is 63.3 Å². The first kappa shape index (κ1) is 23.3. The summed E-state index contributed by atoms with van der Waals surface area (Å²) in [7, 11) is 0. The number of ketones is 1. The first-order valence-corrected chi connectivity index (χ1v) is 16.9. The molecular formula is C28H29IN6O. The van der Waals surface area contributed by atoms with Crippen molar-refractivity contribution >= 4 is 63.8 Å². The molecule has 8 heteroatoms. The van der Waals surface area contributed by atoms with Crippen LogP contribution in [0.5, 0.6) is 0 Å². The number of carbonyl (C=O) groups excluding carboxylic acids is 1. The Morgan fingerprint density at radius 2 is 2.11 bits per heavy atom. The molecule has 0 saturated heterocycles. The summed E-state index contributed by atoms with van der Waals surface area (Å²) >= 11 is -1.16. The van der Waals surface area contributed by atoms with Crippen molar-refractivity contribution in [2.24, 2.45) is 21.8 Å². The summed E-state index contributed by atoms with van der Waals surface area (Å²) in [6.07, 6.45) is 7.52. The Labute approximate surface area is 217 Å². The third kappa shape index (κ3) is 4.54. The zero-order valence-corrected chi connectivity index (χ0v) is 22.8. The van der Waals surface area contributed by atoms with Crippen LogP contribution in [-0.2, 0) is 0 Å². The Bertz CT molecular complexity index is 1500. The Morgan fingerprint density at radius 3 is 2.94 bits per heavy atom. The molecule has 0 amide bonds. The molecule has 0 radical (unpaired) electrons. The van der Waals surface area contributed by atoms with Gasteiger partial charge >= 0.3 is 147 Å². The van der Waals surface area contributed by atoms with Crippen LogP contribution in [0.4, 0.5) is 11.6 Å². The van der Waals surface area contributed by atoms with E-state index in [1.165, 1.54) is 11.3 Å². The summed E-state index contributed by atoms with van der Waals surface area (Å²) < 4.78 is 4.32. The molecule has 2 unspecified atom stereocenters. The van der Waals surface area contributed by atoms with Crippen molar-refractivity contribution in [3.63, 3.8) is 0 Å². The van der Waals surface area contributed by atoms with E-state index in [4.69, 9.17) is 0 Å². The van der Waals surface area contributed by atoms with Gasteiger partial charge in [-0.1, -0.05) is 0 Å². The Balaban J connectivity index is 1.18. The molecule has 0 bridgehead atoms. The molecule has 1 aromatic carbocycles. The van der Waals surface area contributed by atoms with E-state index in [9.17, 15) is 4.79 Å². The summed E-state index contributed by atoms with van der Waals surface area (Å²) in [6.45, 7) is 4.17. The number of halogens is 1. The minimum Gasteiger partial charge on any atom is -0.0488 e. The van der Waals surface area contributed by atoms with Crippen molar-refractivity contribution < 1.29 is 4.79 Å². The van der Waals surface area contributed by atoms with Gasteiger partial charge < -0.3 is 0 Å². The SMILES string of the molecule is CC1=NC=C2CC(CC(=O)c3cc4cc(Nc5nccc(C6=CI(C)C=N6)n5)cc(C)c4[nH]3)CCC21. The molecule has 2 N–H and O–H groups in total. The molecule has 1 fully saturated rings. The number of anilines is 2. The van der Waals surface area contributed by atoms with Gasteiger partial charge in [-0.2, -0.15) is 0 Å². The number of aromatic nitrogens is 3. The van der Waals surface area contributed by atoms with Crippen LogP contribution in [0.3, 0.4) is 0 Å². The van der Waals surface area contributed by atoms with E-state index in [1.54, 1.807) is 6.20 Å². The molecule has 3 aromatic rings. The van der Waals surface area contributed by atoms with Crippen LogP contribution in [0.25, 0.3) is 16.6 Å². The maximum atomic E-state index is 13.2. The van der Waals surface area contributed by atoms with Gasteiger partial charge in [0.25, 0.3) is 0 Å². The van der Waals surface area contributed by atoms with E-state index < -0.39 is 19.8 Å². The number of aryl methyl sites for hydroxylation is 1. The standard InChI is InChI=1S/C28H29IN6O/c1-16-8-21(33-28-30-7-6-23(35-28)25-13-29(3)15-32-25)11-19-12-24(34-27(16)19)26(36)10-18-4-5-22-17(2)31-14-20(22)9-18/h6-8,11-15,18,22,34H,4-5,9-10H2,1-3H3,(H,30,33,35). The van der Waals surface area contributed by atoms with Gasteiger partial charge in [0.1, 0.15) is 0 Å². The number of aliphatic imine (C=N–C) groups is 2. The maximum absolute atomic E-state index is 13.2. The molecule has 184 valence electrons. The monoisotopic (exact) mass is 592 g/mol. The molecule has 1 saturated carbocycles. The van der Waals surface area contributed by atoms with Crippen LogP contribution < -0.4 is 5.32 Å². The predicted molar refractivity (Wildman–Crippen MR) is 156 cm³/mol. The molecular weight excluding hydrogens is 563 g/mol. The van der Waals surface area contributed by atoms with E-state index in [1.807, 2.05) is 24.4 Å². The normalized spacial score (nSPS) is 21.9. The van der Waals surface area contributed by atoms with E-state index >= 15 is 0 Å². The Hall–Kier alpha value is -3.14. The second-order valence-corrected chi connectivity index (χ2v) is 14.3. The van der Waals surface area contributed by atoms with Gasteiger partial charge in [0.2, 0.25) is 0 Å². The molecule has 2 atom stereocenters. The number of hydrogen-bond donors (Lipinski definition) is 2. The molecule has 7 nitrogen and oxygen atoms in total. The van der Waals surface area contributed by atoms with Crippen molar-refractivity contribution in [2.45, 2.75) is 39.5 Å². The number of nitrogens with one attached hydrogen (secondary N) is 2. The van der Waals surface area contributed by atoms with Crippen LogP contribution in [0.15, 0.2) is 56.3 Å². The zero-order valence-electron chi connectivity index (χ0n) is 20.7. The van der Waals surface area contributed by atoms with Gasteiger partial charge in [-0.05, 0) is 37.7 Å². The van der Waals surface area contributed by atoms with E-state index in [-0.39, 0.29) is 5.78 Å². The van der Waals surface area contributed by atoms with E-state index in [0.29, 0.717) is 29.9 Å². The van der Waals surface area contributed by atoms with Crippen molar-refractivity contribution in [1.29, 1.82) is 0 Å². The molecule has 36 heavy (non-hydrogen) atoms. The van der Waals surface area contributed by atoms with Gasteiger partial charge in [-0.3, -0.25) is 9.79 Å². The fourth-order valence-electron chi connectivity index (χ4n) is 5.42. The number of benzene rings is 1. The van der Waals surface area contributed by atoms with Gasteiger partial charge in [-0.15, -0.1) is 0 Å². The minimum atomic E-state index is -1.16. The second-order valence-electron chi connectivity index (χ2n) is 9.92. The number of fused-ring (bicyclic) bond motifs is 2. The number of alkyl halides is 1. The average Bonchev–Trinajstić information content (AvgIpc) is 3.58. The summed E-state index contributed by atoms with van der Waals surface area (Å²) in [5.74, 6) is 1.62. The Morgan fingerprint density at radius 1 is 1.22 bits per heavy atom. The van der Waals surface area contributed by atoms with E-state index in [0.717, 1.165) is 52.8 Å². The molecule has 6 rings (SSSR count). The largest absolute Gasteiger partial charge is 0.0488 e. The topological polar surface area (TPSA) is 95.4 Å². The molecule has 2 aliphatic heterocycles. The van der Waals surface area contributed by atoms with Crippen molar-refractivity contribution in [3.8, 4) is 0 Å².